The SMILES string of the molecule is COc1ccc2c(c1)c(C(=O)c1nnc(-c3cccnc3)o1)c(Cl)n2Cc1ccc(Cl)cc1Cl. The first kappa shape index (κ1) is 22.4. The summed E-state index contributed by atoms with van der Waals surface area (Å²) in [5, 5.41) is 9.75. The molecule has 0 fully saturated rings. The number of carbonyl (C=O) groups excluding carboxylic acids is 1. The first-order valence-electron chi connectivity index (χ1n) is 10.0. The van der Waals surface area contributed by atoms with Crippen molar-refractivity contribution in [1.29, 1.82) is 0 Å². The van der Waals surface area contributed by atoms with Gasteiger partial charge in [0, 0.05) is 27.8 Å². The zero-order valence-corrected chi connectivity index (χ0v) is 19.9. The van der Waals surface area contributed by atoms with Crippen LogP contribution in [0, 0.1) is 0 Å². The van der Waals surface area contributed by atoms with Gasteiger partial charge in [0.05, 0.1) is 30.3 Å². The molecule has 0 spiro atoms. The molecule has 5 rings (SSSR count). The molecule has 0 atom stereocenters. The van der Waals surface area contributed by atoms with Crippen LogP contribution in [0.5, 0.6) is 5.75 Å². The summed E-state index contributed by atoms with van der Waals surface area (Å²) < 4.78 is 12.8. The number of aromatic nitrogens is 4. The Morgan fingerprint density at radius 2 is 1.94 bits per heavy atom. The smallest absolute Gasteiger partial charge is 0.289 e. The number of nitrogens with zero attached hydrogens (tertiary/aromatic N) is 4. The van der Waals surface area contributed by atoms with Crippen molar-refractivity contribution in [3.8, 4) is 17.2 Å². The van der Waals surface area contributed by atoms with Crippen molar-refractivity contribution in [2.75, 3.05) is 7.11 Å². The van der Waals surface area contributed by atoms with Gasteiger partial charge in [0.25, 0.3) is 11.7 Å². The molecule has 2 aromatic carbocycles. The van der Waals surface area contributed by atoms with Crippen molar-refractivity contribution in [2.24, 2.45) is 0 Å². The zero-order chi connectivity index (χ0) is 23.8. The summed E-state index contributed by atoms with van der Waals surface area (Å²) in [5.41, 5.74) is 2.33. The fraction of sp³-hybridized carbons (Fsp3) is 0.0833. The summed E-state index contributed by atoms with van der Waals surface area (Å²) in [7, 11) is 1.55. The van der Waals surface area contributed by atoms with Gasteiger partial charge in [0.1, 0.15) is 10.9 Å². The Balaban J connectivity index is 1.62. The highest BCUT2D eigenvalue weighted by Crippen LogP contribution is 2.36. The maximum Gasteiger partial charge on any atom is 0.289 e. The number of pyridine rings is 1. The zero-order valence-electron chi connectivity index (χ0n) is 17.6. The number of ketones is 1. The van der Waals surface area contributed by atoms with Crippen LogP contribution in [-0.4, -0.2) is 32.6 Å². The Morgan fingerprint density at radius 3 is 2.68 bits per heavy atom. The fourth-order valence-corrected chi connectivity index (χ4v) is 4.45. The molecule has 10 heteroatoms. The van der Waals surface area contributed by atoms with Crippen molar-refractivity contribution in [2.45, 2.75) is 6.54 Å². The topological polar surface area (TPSA) is 83.0 Å². The van der Waals surface area contributed by atoms with Crippen molar-refractivity contribution >= 4 is 51.5 Å². The van der Waals surface area contributed by atoms with Crippen LogP contribution in [-0.2, 0) is 6.54 Å². The Bertz CT molecular complexity index is 1530. The van der Waals surface area contributed by atoms with Crippen LogP contribution in [0.25, 0.3) is 22.4 Å². The van der Waals surface area contributed by atoms with Gasteiger partial charge in [0.2, 0.25) is 5.89 Å². The van der Waals surface area contributed by atoms with Crippen LogP contribution in [0.4, 0.5) is 0 Å². The lowest BCUT2D eigenvalue weighted by molar-refractivity contribution is 0.100. The van der Waals surface area contributed by atoms with Crippen LogP contribution < -0.4 is 4.74 Å². The molecule has 0 aliphatic heterocycles. The molecule has 0 saturated carbocycles. The van der Waals surface area contributed by atoms with E-state index in [0.29, 0.717) is 38.8 Å². The van der Waals surface area contributed by atoms with Crippen LogP contribution in [0.1, 0.15) is 21.8 Å². The molecular weight excluding hydrogens is 499 g/mol. The van der Waals surface area contributed by atoms with Gasteiger partial charge < -0.3 is 13.7 Å². The van der Waals surface area contributed by atoms with E-state index < -0.39 is 5.78 Å². The number of hydrogen-bond acceptors (Lipinski definition) is 6. The van der Waals surface area contributed by atoms with E-state index in [-0.39, 0.29) is 22.5 Å². The third-order valence-electron chi connectivity index (χ3n) is 5.31. The minimum absolute atomic E-state index is 0.182. The highest BCUT2D eigenvalue weighted by atomic mass is 35.5. The van der Waals surface area contributed by atoms with Crippen LogP contribution in [0.2, 0.25) is 15.2 Å². The van der Waals surface area contributed by atoms with Gasteiger partial charge in [-0.1, -0.05) is 40.9 Å². The van der Waals surface area contributed by atoms with Crippen LogP contribution in [0.15, 0.2) is 65.3 Å². The molecule has 0 aliphatic carbocycles. The normalized spacial score (nSPS) is 11.2. The monoisotopic (exact) mass is 512 g/mol. The number of rotatable bonds is 6. The number of carbonyl (C=O) groups is 1. The van der Waals surface area contributed by atoms with Gasteiger partial charge in [-0.15, -0.1) is 10.2 Å². The maximum absolute atomic E-state index is 13.5. The molecule has 0 bridgehead atoms. The number of hydrogen-bond donors (Lipinski definition) is 0. The summed E-state index contributed by atoms with van der Waals surface area (Å²) >= 11 is 19.2. The van der Waals surface area contributed by atoms with E-state index in [2.05, 4.69) is 15.2 Å². The molecular formula is C24H15Cl3N4O3. The first-order chi connectivity index (χ1) is 16.5. The summed E-state index contributed by atoms with van der Waals surface area (Å²) in [6.45, 7) is 0.315. The number of halogens is 3. The fourth-order valence-electron chi connectivity index (χ4n) is 3.65. The second-order valence-corrected chi connectivity index (χ2v) is 8.56. The summed E-state index contributed by atoms with van der Waals surface area (Å²) in [6.07, 6.45) is 3.20. The van der Waals surface area contributed by atoms with E-state index in [9.17, 15) is 4.79 Å². The Hall–Kier alpha value is -3.39. The average Bonchev–Trinajstić information content (AvgIpc) is 3.44. The molecule has 0 amide bonds. The standard InChI is InChI=1S/C24H15Cl3N4O3/c1-33-16-6-7-19-17(10-16)20(22(27)31(19)12-14-4-5-15(25)9-18(14)26)21(32)24-30-29-23(34-24)13-3-2-8-28-11-13/h2-11H,12H2,1H3. The van der Waals surface area contributed by atoms with Crippen molar-refractivity contribution in [3.63, 3.8) is 0 Å². The van der Waals surface area contributed by atoms with Crippen LogP contribution in [0.3, 0.4) is 0 Å². The van der Waals surface area contributed by atoms with Gasteiger partial charge in [-0.3, -0.25) is 9.78 Å². The number of ether oxygens (including phenoxy) is 1. The summed E-state index contributed by atoms with van der Waals surface area (Å²) in [4.78, 5) is 17.5. The van der Waals surface area contributed by atoms with Crippen molar-refractivity contribution < 1.29 is 13.9 Å². The minimum Gasteiger partial charge on any atom is -0.497 e. The van der Waals surface area contributed by atoms with Gasteiger partial charge >= 0.3 is 0 Å². The third kappa shape index (κ3) is 4.03. The third-order valence-corrected chi connectivity index (χ3v) is 6.29. The minimum atomic E-state index is -0.508. The molecule has 3 aromatic heterocycles. The summed E-state index contributed by atoms with van der Waals surface area (Å²) in [6, 6.07) is 14.1. The highest BCUT2D eigenvalue weighted by molar-refractivity contribution is 6.37. The molecule has 3 heterocycles. The average molecular weight is 514 g/mol. The summed E-state index contributed by atoms with van der Waals surface area (Å²) in [5.74, 6) is 0.0577. The molecule has 0 N–H and O–H groups in total. The largest absolute Gasteiger partial charge is 0.497 e. The van der Waals surface area contributed by atoms with Crippen molar-refractivity contribution in [1.82, 2.24) is 19.7 Å². The van der Waals surface area contributed by atoms with E-state index in [1.165, 1.54) is 0 Å². The molecule has 7 nitrogen and oxygen atoms in total. The van der Waals surface area contributed by atoms with E-state index in [1.807, 2.05) is 12.1 Å². The van der Waals surface area contributed by atoms with E-state index in [4.69, 9.17) is 44.0 Å². The van der Waals surface area contributed by atoms with Gasteiger partial charge in [-0.05, 0) is 48.0 Å². The highest BCUT2D eigenvalue weighted by Gasteiger charge is 2.27. The molecule has 0 unspecified atom stereocenters. The van der Waals surface area contributed by atoms with E-state index >= 15 is 0 Å². The van der Waals surface area contributed by atoms with Crippen molar-refractivity contribution in [3.05, 3.63) is 93.1 Å². The van der Waals surface area contributed by atoms with Gasteiger partial charge in [0.15, 0.2) is 0 Å². The molecule has 0 saturated heterocycles. The van der Waals surface area contributed by atoms with E-state index in [1.54, 1.807) is 60.5 Å². The molecule has 0 aliphatic rings. The van der Waals surface area contributed by atoms with Crippen LogP contribution >= 0.6 is 34.8 Å². The Labute approximate surface area is 208 Å². The predicted octanol–water partition coefficient (Wildman–Crippen LogP) is 6.33. The molecule has 34 heavy (non-hydrogen) atoms. The first-order valence-corrected chi connectivity index (χ1v) is 11.2. The Kier molecular flexibility index (Phi) is 6.00. The molecule has 0 radical (unpaired) electrons. The molecule has 170 valence electrons. The quantitative estimate of drug-likeness (QED) is 0.247. The number of methoxy groups -OCH3 is 1. The van der Waals surface area contributed by atoms with E-state index in [0.717, 1.165) is 5.56 Å². The van der Waals surface area contributed by atoms with Gasteiger partial charge in [-0.25, -0.2) is 0 Å². The lowest BCUT2D eigenvalue weighted by Crippen LogP contribution is -2.04. The number of fused-ring (bicyclic) bond motifs is 1. The van der Waals surface area contributed by atoms with Gasteiger partial charge in [-0.2, -0.15) is 0 Å². The lowest BCUT2D eigenvalue weighted by atomic mass is 10.1. The maximum atomic E-state index is 13.5. The lowest BCUT2D eigenvalue weighted by Gasteiger charge is -2.10. The molecule has 5 aromatic rings. The second-order valence-electron chi connectivity index (χ2n) is 7.35. The Morgan fingerprint density at radius 1 is 1.09 bits per heavy atom. The second kappa shape index (κ2) is 9.10. The number of benzene rings is 2. The predicted molar refractivity (Wildman–Crippen MR) is 130 cm³/mol.